The van der Waals surface area contributed by atoms with Crippen LogP contribution in [0.2, 0.25) is 0 Å². The summed E-state index contributed by atoms with van der Waals surface area (Å²) in [4.78, 5) is 7.80. The van der Waals surface area contributed by atoms with Crippen molar-refractivity contribution in [2.24, 2.45) is 0 Å². The van der Waals surface area contributed by atoms with Crippen molar-refractivity contribution in [3.8, 4) is 22.1 Å². The predicted octanol–water partition coefficient (Wildman–Crippen LogP) is 3.91. The Hall–Kier alpha value is -2.11. The second kappa shape index (κ2) is 6.98. The van der Waals surface area contributed by atoms with Crippen LogP contribution in [0.25, 0.3) is 21.2 Å². The number of likely N-dealkylation sites (N-methyl/N-ethyl adjacent to an activating group) is 1. The van der Waals surface area contributed by atoms with E-state index in [2.05, 4.69) is 21.3 Å². The Morgan fingerprint density at radius 1 is 1.17 bits per heavy atom. The summed E-state index contributed by atoms with van der Waals surface area (Å²) in [5, 5.41) is 4.10. The number of methoxy groups -OCH3 is 1. The van der Waals surface area contributed by atoms with Crippen LogP contribution in [0.4, 0.5) is 0 Å². The molecule has 0 N–H and O–H groups in total. The normalized spacial score (nSPS) is 11.1. The second-order valence-electron chi connectivity index (χ2n) is 5.49. The Balaban J connectivity index is 2.09. The summed E-state index contributed by atoms with van der Waals surface area (Å²) in [5.74, 6) is 1.49. The highest BCUT2D eigenvalue weighted by molar-refractivity contribution is 7.13. The standard InChI is InChI=1S/C18H20N2O2S/c1-20(2)9-10-22-18-13-6-4-7-15(21-3)17(13)14(12-19-18)16-8-5-11-23-16/h4-8,11-12H,9-10H2,1-3H3. The molecule has 0 fully saturated rings. The zero-order valence-corrected chi connectivity index (χ0v) is 14.4. The summed E-state index contributed by atoms with van der Waals surface area (Å²) in [5.41, 5.74) is 1.08. The number of rotatable bonds is 6. The zero-order chi connectivity index (χ0) is 16.2. The molecule has 0 atom stereocenters. The SMILES string of the molecule is COc1cccc2c(OCCN(C)C)ncc(-c3cccs3)c12. The smallest absolute Gasteiger partial charge is 0.221 e. The first kappa shape index (κ1) is 15.8. The number of hydrogen-bond donors (Lipinski definition) is 0. The summed E-state index contributed by atoms with van der Waals surface area (Å²) < 4.78 is 11.5. The van der Waals surface area contributed by atoms with E-state index in [1.807, 2.05) is 44.6 Å². The molecule has 0 radical (unpaired) electrons. The maximum Gasteiger partial charge on any atom is 0.221 e. The molecule has 2 heterocycles. The minimum Gasteiger partial charge on any atom is -0.496 e. The van der Waals surface area contributed by atoms with E-state index in [4.69, 9.17) is 9.47 Å². The van der Waals surface area contributed by atoms with Crippen molar-refractivity contribution in [1.82, 2.24) is 9.88 Å². The van der Waals surface area contributed by atoms with Gasteiger partial charge in [0.2, 0.25) is 5.88 Å². The Bertz CT molecular complexity index is 785. The van der Waals surface area contributed by atoms with Crippen molar-refractivity contribution in [2.75, 3.05) is 34.4 Å². The number of fused-ring (bicyclic) bond motifs is 1. The molecule has 1 aromatic carbocycles. The highest BCUT2D eigenvalue weighted by Crippen LogP contribution is 2.39. The van der Waals surface area contributed by atoms with Crippen molar-refractivity contribution in [3.05, 3.63) is 41.9 Å². The highest BCUT2D eigenvalue weighted by atomic mass is 32.1. The van der Waals surface area contributed by atoms with Crippen molar-refractivity contribution in [1.29, 1.82) is 0 Å². The topological polar surface area (TPSA) is 34.6 Å². The van der Waals surface area contributed by atoms with Crippen molar-refractivity contribution in [3.63, 3.8) is 0 Å². The molecular formula is C18H20N2O2S. The van der Waals surface area contributed by atoms with Gasteiger partial charge in [0.25, 0.3) is 0 Å². The van der Waals surface area contributed by atoms with E-state index < -0.39 is 0 Å². The fraction of sp³-hybridized carbons (Fsp3) is 0.278. The van der Waals surface area contributed by atoms with Gasteiger partial charge in [0, 0.05) is 34.0 Å². The fourth-order valence-corrected chi connectivity index (χ4v) is 3.22. The fourth-order valence-electron chi connectivity index (χ4n) is 2.47. The molecule has 4 nitrogen and oxygen atoms in total. The van der Waals surface area contributed by atoms with Gasteiger partial charge in [-0.05, 0) is 37.7 Å². The highest BCUT2D eigenvalue weighted by Gasteiger charge is 2.15. The molecule has 5 heteroatoms. The van der Waals surface area contributed by atoms with Gasteiger partial charge in [-0.3, -0.25) is 0 Å². The van der Waals surface area contributed by atoms with Crippen molar-refractivity contribution >= 4 is 22.1 Å². The third-order valence-corrected chi connectivity index (χ3v) is 4.52. The number of ether oxygens (including phenoxy) is 2. The number of benzene rings is 1. The largest absolute Gasteiger partial charge is 0.496 e. The molecule has 3 aromatic rings. The Kier molecular flexibility index (Phi) is 4.79. The molecule has 0 bridgehead atoms. The van der Waals surface area contributed by atoms with Crippen LogP contribution < -0.4 is 9.47 Å². The molecule has 3 rings (SSSR count). The van der Waals surface area contributed by atoms with Gasteiger partial charge in [-0.2, -0.15) is 0 Å². The molecule has 0 unspecified atom stereocenters. The predicted molar refractivity (Wildman–Crippen MR) is 95.7 cm³/mol. The molecule has 0 amide bonds. The van der Waals surface area contributed by atoms with Crippen LogP contribution in [0.1, 0.15) is 0 Å². The Morgan fingerprint density at radius 2 is 2.04 bits per heavy atom. The molecule has 23 heavy (non-hydrogen) atoms. The van der Waals surface area contributed by atoms with E-state index in [0.29, 0.717) is 12.5 Å². The lowest BCUT2D eigenvalue weighted by Gasteiger charge is -2.15. The van der Waals surface area contributed by atoms with E-state index in [9.17, 15) is 0 Å². The first-order chi connectivity index (χ1) is 11.2. The molecule has 0 saturated carbocycles. The number of nitrogens with zero attached hydrogens (tertiary/aromatic N) is 2. The number of aromatic nitrogens is 1. The maximum atomic E-state index is 5.90. The first-order valence-electron chi connectivity index (χ1n) is 7.48. The van der Waals surface area contributed by atoms with E-state index in [1.54, 1.807) is 18.4 Å². The molecule has 2 aromatic heterocycles. The number of hydrogen-bond acceptors (Lipinski definition) is 5. The van der Waals surface area contributed by atoms with Gasteiger partial charge in [0.1, 0.15) is 12.4 Å². The van der Waals surface area contributed by atoms with E-state index in [0.717, 1.165) is 28.6 Å². The Morgan fingerprint density at radius 3 is 2.74 bits per heavy atom. The average Bonchev–Trinajstić information content (AvgIpc) is 3.08. The summed E-state index contributed by atoms with van der Waals surface area (Å²) in [6.45, 7) is 1.45. The van der Waals surface area contributed by atoms with Crippen LogP contribution in [0.3, 0.4) is 0 Å². The molecular weight excluding hydrogens is 308 g/mol. The lowest BCUT2D eigenvalue weighted by atomic mass is 10.1. The molecule has 0 aliphatic rings. The molecule has 0 saturated heterocycles. The third-order valence-electron chi connectivity index (χ3n) is 3.62. The van der Waals surface area contributed by atoms with Crippen LogP contribution in [0.15, 0.2) is 41.9 Å². The van der Waals surface area contributed by atoms with Gasteiger partial charge in [0.05, 0.1) is 7.11 Å². The molecule has 0 aliphatic carbocycles. The van der Waals surface area contributed by atoms with Gasteiger partial charge < -0.3 is 14.4 Å². The average molecular weight is 328 g/mol. The summed E-state index contributed by atoms with van der Waals surface area (Å²) in [6, 6.07) is 10.1. The monoisotopic (exact) mass is 328 g/mol. The van der Waals surface area contributed by atoms with E-state index >= 15 is 0 Å². The summed E-state index contributed by atoms with van der Waals surface area (Å²) in [7, 11) is 5.75. The third kappa shape index (κ3) is 3.30. The first-order valence-corrected chi connectivity index (χ1v) is 8.36. The molecule has 120 valence electrons. The lowest BCUT2D eigenvalue weighted by molar-refractivity contribution is 0.256. The summed E-state index contributed by atoms with van der Waals surface area (Å²) in [6.07, 6.45) is 1.88. The zero-order valence-electron chi connectivity index (χ0n) is 13.6. The van der Waals surface area contributed by atoms with Crippen LogP contribution in [-0.4, -0.2) is 44.2 Å². The quantitative estimate of drug-likeness (QED) is 0.687. The lowest BCUT2D eigenvalue weighted by Crippen LogP contribution is -2.19. The minimum atomic E-state index is 0.602. The minimum absolute atomic E-state index is 0.602. The Labute approximate surface area is 140 Å². The molecule has 0 spiro atoms. The van der Waals surface area contributed by atoms with Crippen LogP contribution in [0, 0.1) is 0 Å². The van der Waals surface area contributed by atoms with Crippen molar-refractivity contribution < 1.29 is 9.47 Å². The van der Waals surface area contributed by atoms with Gasteiger partial charge in [-0.15, -0.1) is 11.3 Å². The second-order valence-corrected chi connectivity index (χ2v) is 6.44. The van der Waals surface area contributed by atoms with Crippen LogP contribution in [-0.2, 0) is 0 Å². The van der Waals surface area contributed by atoms with Gasteiger partial charge in [-0.1, -0.05) is 12.1 Å². The number of thiophene rings is 1. The van der Waals surface area contributed by atoms with Crippen LogP contribution >= 0.6 is 11.3 Å². The van der Waals surface area contributed by atoms with E-state index in [-0.39, 0.29) is 0 Å². The van der Waals surface area contributed by atoms with Crippen molar-refractivity contribution in [2.45, 2.75) is 0 Å². The van der Waals surface area contributed by atoms with Gasteiger partial charge >= 0.3 is 0 Å². The van der Waals surface area contributed by atoms with Gasteiger partial charge in [0.15, 0.2) is 0 Å². The van der Waals surface area contributed by atoms with Crippen LogP contribution in [0.5, 0.6) is 11.6 Å². The summed E-state index contributed by atoms with van der Waals surface area (Å²) >= 11 is 1.69. The van der Waals surface area contributed by atoms with E-state index in [1.165, 1.54) is 4.88 Å². The number of pyridine rings is 1. The van der Waals surface area contributed by atoms with Gasteiger partial charge in [-0.25, -0.2) is 4.98 Å². The maximum absolute atomic E-state index is 5.90. The molecule has 0 aliphatic heterocycles.